The third-order valence-electron chi connectivity index (χ3n) is 3.44. The summed E-state index contributed by atoms with van der Waals surface area (Å²) in [4.78, 5) is 27.1. The summed E-state index contributed by atoms with van der Waals surface area (Å²) in [6.07, 6.45) is 0.338. The smallest absolute Gasteiger partial charge is 0.233 e. The second kappa shape index (κ2) is 6.85. The van der Waals surface area contributed by atoms with Gasteiger partial charge in [0.25, 0.3) is 0 Å². The predicted molar refractivity (Wildman–Crippen MR) is 83.2 cm³/mol. The third kappa shape index (κ3) is 3.50. The van der Waals surface area contributed by atoms with Crippen LogP contribution in [0.1, 0.15) is 17.4 Å². The van der Waals surface area contributed by atoms with E-state index in [0.717, 1.165) is 11.3 Å². The van der Waals surface area contributed by atoms with E-state index in [4.69, 9.17) is 4.74 Å². The summed E-state index contributed by atoms with van der Waals surface area (Å²) in [5, 5.41) is -0.0800. The highest BCUT2D eigenvalue weighted by Gasteiger charge is 2.34. The van der Waals surface area contributed by atoms with Crippen molar-refractivity contribution in [2.75, 3.05) is 33.5 Å². The Balaban J connectivity index is 2.15. The van der Waals surface area contributed by atoms with E-state index in [0.29, 0.717) is 18.7 Å². The summed E-state index contributed by atoms with van der Waals surface area (Å²) in [7, 11) is 5.07. The first-order chi connectivity index (χ1) is 10.0. The molecule has 114 valence electrons. The second-order valence-corrected chi connectivity index (χ2v) is 6.10. The minimum absolute atomic E-state index is 0.0264. The van der Waals surface area contributed by atoms with Gasteiger partial charge in [-0.05, 0) is 6.07 Å². The molecule has 0 saturated carbocycles. The molecule has 0 bridgehead atoms. The highest BCUT2D eigenvalue weighted by Crippen LogP contribution is 2.42. The Morgan fingerprint density at radius 2 is 2.14 bits per heavy atom. The largest absolute Gasteiger partial charge is 0.496 e. The molecule has 1 aliphatic heterocycles. The predicted octanol–water partition coefficient (Wildman–Crippen LogP) is 1.75. The molecule has 21 heavy (non-hydrogen) atoms. The van der Waals surface area contributed by atoms with Crippen molar-refractivity contribution in [3.8, 4) is 5.75 Å². The fourth-order valence-corrected chi connectivity index (χ4v) is 3.51. The molecule has 5 nitrogen and oxygen atoms in total. The Labute approximate surface area is 129 Å². The topological polar surface area (TPSA) is 49.9 Å². The van der Waals surface area contributed by atoms with Gasteiger partial charge in [-0.25, -0.2) is 0 Å². The van der Waals surface area contributed by atoms with Crippen LogP contribution in [0.4, 0.5) is 0 Å². The Kier molecular flexibility index (Phi) is 5.12. The summed E-state index contributed by atoms with van der Waals surface area (Å²) >= 11 is 1.57. The van der Waals surface area contributed by atoms with Crippen LogP contribution in [-0.2, 0) is 9.59 Å². The lowest BCUT2D eigenvalue weighted by atomic mass is 10.1. The van der Waals surface area contributed by atoms with Crippen LogP contribution >= 0.6 is 11.8 Å². The summed E-state index contributed by atoms with van der Waals surface area (Å²) < 4.78 is 5.38. The average Bonchev–Trinajstić information content (AvgIpc) is 2.85. The number of ether oxygens (including phenoxy) is 1. The normalized spacial score (nSPS) is 18.0. The number of para-hydroxylation sites is 1. The number of amides is 2. The van der Waals surface area contributed by atoms with Gasteiger partial charge in [-0.15, -0.1) is 11.8 Å². The molecule has 1 aromatic carbocycles. The van der Waals surface area contributed by atoms with E-state index >= 15 is 0 Å². The molecule has 0 N–H and O–H groups in total. The van der Waals surface area contributed by atoms with Crippen molar-refractivity contribution >= 4 is 23.6 Å². The first kappa shape index (κ1) is 15.7. The molecule has 0 unspecified atom stereocenters. The van der Waals surface area contributed by atoms with E-state index in [1.54, 1.807) is 42.8 Å². The fraction of sp³-hybridized carbons (Fsp3) is 0.467. The number of rotatable bonds is 5. The molecule has 1 aliphatic rings. The zero-order chi connectivity index (χ0) is 15.4. The van der Waals surface area contributed by atoms with Crippen molar-refractivity contribution < 1.29 is 14.3 Å². The molecule has 0 aromatic heterocycles. The van der Waals surface area contributed by atoms with Gasteiger partial charge in [-0.3, -0.25) is 9.59 Å². The third-order valence-corrected chi connectivity index (χ3v) is 4.68. The van der Waals surface area contributed by atoms with Crippen LogP contribution in [0, 0.1) is 0 Å². The lowest BCUT2D eigenvalue weighted by molar-refractivity contribution is -0.131. The number of hydrogen-bond donors (Lipinski definition) is 0. The molecule has 0 spiro atoms. The van der Waals surface area contributed by atoms with Crippen LogP contribution in [0.3, 0.4) is 0 Å². The quantitative estimate of drug-likeness (QED) is 0.831. The van der Waals surface area contributed by atoms with Gasteiger partial charge in [0.05, 0.1) is 12.9 Å². The molecule has 1 aromatic rings. The monoisotopic (exact) mass is 308 g/mol. The van der Waals surface area contributed by atoms with Gasteiger partial charge < -0.3 is 14.5 Å². The fourth-order valence-electron chi connectivity index (χ4n) is 2.26. The maximum Gasteiger partial charge on any atom is 0.233 e. The van der Waals surface area contributed by atoms with Gasteiger partial charge in [0.2, 0.25) is 11.8 Å². The number of methoxy groups -OCH3 is 1. The number of carbonyl (C=O) groups is 2. The van der Waals surface area contributed by atoms with Gasteiger partial charge in [-0.1, -0.05) is 18.2 Å². The van der Waals surface area contributed by atoms with Gasteiger partial charge in [0.1, 0.15) is 11.1 Å². The highest BCUT2D eigenvalue weighted by molar-refractivity contribution is 8.00. The lowest BCUT2D eigenvalue weighted by Crippen LogP contribution is -2.33. The van der Waals surface area contributed by atoms with E-state index in [2.05, 4.69) is 0 Å². The van der Waals surface area contributed by atoms with Crippen LogP contribution in [0.5, 0.6) is 5.75 Å². The number of nitrogens with zero attached hydrogens (tertiary/aromatic N) is 2. The second-order valence-electron chi connectivity index (χ2n) is 5.03. The van der Waals surface area contributed by atoms with Gasteiger partial charge in [-0.2, -0.15) is 0 Å². The van der Waals surface area contributed by atoms with Crippen molar-refractivity contribution in [3.05, 3.63) is 29.8 Å². The van der Waals surface area contributed by atoms with Crippen molar-refractivity contribution in [2.45, 2.75) is 11.8 Å². The maximum atomic E-state index is 12.1. The lowest BCUT2D eigenvalue weighted by Gasteiger charge is -2.25. The maximum absolute atomic E-state index is 12.1. The van der Waals surface area contributed by atoms with Gasteiger partial charge >= 0.3 is 0 Å². The Morgan fingerprint density at radius 1 is 1.43 bits per heavy atom. The highest BCUT2D eigenvalue weighted by atomic mass is 32.2. The van der Waals surface area contributed by atoms with Crippen LogP contribution in [0.2, 0.25) is 0 Å². The molecule has 1 fully saturated rings. The van der Waals surface area contributed by atoms with Crippen molar-refractivity contribution in [3.63, 3.8) is 0 Å². The molecular formula is C15H20N2O3S. The van der Waals surface area contributed by atoms with Gasteiger partial charge in [0, 0.05) is 32.6 Å². The van der Waals surface area contributed by atoms with Crippen LogP contribution in [0.25, 0.3) is 0 Å². The minimum Gasteiger partial charge on any atom is -0.496 e. The first-order valence-electron chi connectivity index (χ1n) is 6.78. The van der Waals surface area contributed by atoms with E-state index in [-0.39, 0.29) is 17.2 Å². The summed E-state index contributed by atoms with van der Waals surface area (Å²) in [5.74, 6) is 1.31. The summed E-state index contributed by atoms with van der Waals surface area (Å²) in [6, 6.07) is 7.70. The SMILES string of the molecule is COc1ccccc1[C@@H]1SCC(=O)N1CCC(=O)N(C)C. The Bertz CT molecular complexity index is 533. The molecule has 1 heterocycles. The summed E-state index contributed by atoms with van der Waals surface area (Å²) in [6.45, 7) is 0.436. The molecule has 1 atom stereocenters. The van der Waals surface area contributed by atoms with E-state index in [1.807, 2.05) is 24.3 Å². The Morgan fingerprint density at radius 3 is 2.81 bits per heavy atom. The van der Waals surface area contributed by atoms with Gasteiger partial charge in [0.15, 0.2) is 0 Å². The molecule has 0 radical (unpaired) electrons. The van der Waals surface area contributed by atoms with Crippen LogP contribution in [0.15, 0.2) is 24.3 Å². The van der Waals surface area contributed by atoms with E-state index in [1.165, 1.54) is 0 Å². The molecule has 2 amide bonds. The van der Waals surface area contributed by atoms with Crippen LogP contribution < -0.4 is 4.74 Å². The zero-order valence-electron chi connectivity index (χ0n) is 12.5. The first-order valence-corrected chi connectivity index (χ1v) is 7.83. The summed E-state index contributed by atoms with van der Waals surface area (Å²) in [5.41, 5.74) is 0.980. The Hall–Kier alpha value is -1.69. The molecular weight excluding hydrogens is 288 g/mol. The molecule has 1 saturated heterocycles. The van der Waals surface area contributed by atoms with Crippen molar-refractivity contribution in [2.24, 2.45) is 0 Å². The average molecular weight is 308 g/mol. The van der Waals surface area contributed by atoms with Crippen molar-refractivity contribution in [1.82, 2.24) is 9.80 Å². The minimum atomic E-state index is -0.0800. The molecule has 6 heteroatoms. The number of thioether (sulfide) groups is 1. The van der Waals surface area contributed by atoms with Crippen LogP contribution in [-0.4, -0.2) is 55.1 Å². The zero-order valence-corrected chi connectivity index (χ0v) is 13.4. The molecule has 2 rings (SSSR count). The number of carbonyl (C=O) groups excluding carboxylic acids is 2. The number of benzene rings is 1. The van der Waals surface area contributed by atoms with E-state index in [9.17, 15) is 9.59 Å². The number of hydrogen-bond acceptors (Lipinski definition) is 4. The standard InChI is InChI=1S/C15H20N2O3S/c1-16(2)13(18)8-9-17-14(19)10-21-15(17)11-6-4-5-7-12(11)20-3/h4-7,15H,8-10H2,1-3H3/t15-/m0/s1. The van der Waals surface area contributed by atoms with E-state index < -0.39 is 0 Å². The molecule has 0 aliphatic carbocycles. The van der Waals surface area contributed by atoms with Crippen molar-refractivity contribution in [1.29, 1.82) is 0 Å².